The molecule has 0 bridgehead atoms. The molecule has 1 aromatic carbocycles. The molecule has 0 spiro atoms. The van der Waals surface area contributed by atoms with E-state index in [-0.39, 0.29) is 5.69 Å². The first kappa shape index (κ1) is 11.2. The fraction of sp³-hybridized carbons (Fsp3) is 0. The van der Waals surface area contributed by atoms with E-state index < -0.39 is 11.8 Å². The van der Waals surface area contributed by atoms with Crippen molar-refractivity contribution in [1.29, 1.82) is 0 Å². The van der Waals surface area contributed by atoms with Crippen molar-refractivity contribution >= 4 is 22.7 Å². The molecule has 2 aromatic heterocycles. The van der Waals surface area contributed by atoms with Gasteiger partial charge in [-0.2, -0.15) is 0 Å². The standard InChI is InChI=1S/C13H9N3O3/c17-11(13(18)19)10-6-15-12(16-10)8-5-14-9-4-2-1-3-7(8)9/h1-6,14H,(H,15,16)(H,18,19). The SMILES string of the molecule is O=C(O)C(=O)c1cnc(-c2c[nH]c3ccccc23)[nH]1. The molecule has 6 nitrogen and oxygen atoms in total. The molecule has 0 aliphatic carbocycles. The number of benzene rings is 1. The van der Waals surface area contributed by atoms with Crippen LogP contribution in [0.4, 0.5) is 0 Å². The summed E-state index contributed by atoms with van der Waals surface area (Å²) >= 11 is 0. The molecule has 0 saturated heterocycles. The average Bonchev–Trinajstić information content (AvgIpc) is 3.03. The normalized spacial score (nSPS) is 10.7. The van der Waals surface area contributed by atoms with Gasteiger partial charge < -0.3 is 15.1 Å². The molecule has 0 aliphatic heterocycles. The lowest BCUT2D eigenvalue weighted by Crippen LogP contribution is -2.12. The van der Waals surface area contributed by atoms with E-state index in [0.717, 1.165) is 16.5 Å². The van der Waals surface area contributed by atoms with Crippen LogP contribution in [0.2, 0.25) is 0 Å². The molecular formula is C13H9N3O3. The summed E-state index contributed by atoms with van der Waals surface area (Å²) in [6.45, 7) is 0. The molecule has 0 radical (unpaired) electrons. The largest absolute Gasteiger partial charge is 0.475 e. The highest BCUT2D eigenvalue weighted by Crippen LogP contribution is 2.26. The molecule has 0 saturated carbocycles. The van der Waals surface area contributed by atoms with Gasteiger partial charge in [-0.15, -0.1) is 0 Å². The molecule has 0 aliphatic rings. The van der Waals surface area contributed by atoms with E-state index in [0.29, 0.717) is 5.82 Å². The fourth-order valence-corrected chi connectivity index (χ4v) is 1.96. The number of imidazole rings is 1. The lowest BCUT2D eigenvalue weighted by atomic mass is 10.2. The lowest BCUT2D eigenvalue weighted by molar-refractivity contribution is -0.131. The quantitative estimate of drug-likeness (QED) is 0.491. The van der Waals surface area contributed by atoms with Crippen molar-refractivity contribution in [3.8, 4) is 11.4 Å². The third-order valence-corrected chi connectivity index (χ3v) is 2.86. The molecule has 0 fully saturated rings. The number of rotatable bonds is 3. The van der Waals surface area contributed by atoms with Gasteiger partial charge in [-0.25, -0.2) is 9.78 Å². The number of ketones is 1. The van der Waals surface area contributed by atoms with Gasteiger partial charge >= 0.3 is 5.97 Å². The Morgan fingerprint density at radius 3 is 2.79 bits per heavy atom. The predicted octanol–water partition coefficient (Wildman–Crippen LogP) is 1.83. The zero-order chi connectivity index (χ0) is 13.4. The first-order valence-corrected chi connectivity index (χ1v) is 5.56. The summed E-state index contributed by atoms with van der Waals surface area (Å²) in [5, 5.41) is 9.59. The molecule has 0 amide bonds. The second-order valence-corrected chi connectivity index (χ2v) is 4.03. The fourth-order valence-electron chi connectivity index (χ4n) is 1.96. The summed E-state index contributed by atoms with van der Waals surface area (Å²) in [6.07, 6.45) is 2.99. The first-order valence-electron chi connectivity index (χ1n) is 5.56. The zero-order valence-electron chi connectivity index (χ0n) is 9.68. The Morgan fingerprint density at radius 2 is 2.00 bits per heavy atom. The second-order valence-electron chi connectivity index (χ2n) is 4.03. The van der Waals surface area contributed by atoms with Crippen LogP contribution in [0.5, 0.6) is 0 Å². The number of aromatic nitrogens is 3. The van der Waals surface area contributed by atoms with Crippen LogP contribution >= 0.6 is 0 Å². The smallest absolute Gasteiger partial charge is 0.378 e. The number of para-hydroxylation sites is 1. The number of carboxylic acid groups (broad SMARTS) is 1. The molecular weight excluding hydrogens is 246 g/mol. The molecule has 19 heavy (non-hydrogen) atoms. The van der Waals surface area contributed by atoms with Gasteiger partial charge in [0.15, 0.2) is 0 Å². The molecule has 3 N–H and O–H groups in total. The lowest BCUT2D eigenvalue weighted by Gasteiger charge is -1.94. The number of carbonyl (C=O) groups is 2. The highest BCUT2D eigenvalue weighted by Gasteiger charge is 2.18. The summed E-state index contributed by atoms with van der Waals surface area (Å²) in [6, 6.07) is 7.64. The Bertz CT molecular complexity index is 785. The van der Waals surface area contributed by atoms with Crippen LogP contribution in [0.1, 0.15) is 10.5 Å². The third kappa shape index (κ3) is 1.79. The van der Waals surface area contributed by atoms with Gasteiger partial charge in [0, 0.05) is 22.7 Å². The zero-order valence-corrected chi connectivity index (χ0v) is 9.68. The first-order chi connectivity index (χ1) is 9.16. The molecule has 6 heteroatoms. The number of hydrogen-bond acceptors (Lipinski definition) is 3. The van der Waals surface area contributed by atoms with Crippen LogP contribution in [-0.4, -0.2) is 31.8 Å². The number of H-pyrrole nitrogens is 2. The minimum atomic E-state index is -1.51. The van der Waals surface area contributed by atoms with Gasteiger partial charge in [-0.1, -0.05) is 18.2 Å². The maximum atomic E-state index is 11.3. The Morgan fingerprint density at radius 1 is 1.21 bits per heavy atom. The minimum Gasteiger partial charge on any atom is -0.475 e. The Labute approximate surface area is 107 Å². The van der Waals surface area contributed by atoms with Crippen LogP contribution in [0.3, 0.4) is 0 Å². The number of Topliss-reactive ketones (excluding diaryl/α,β-unsaturated/α-hetero) is 1. The van der Waals surface area contributed by atoms with Crippen molar-refractivity contribution in [2.75, 3.05) is 0 Å². The maximum Gasteiger partial charge on any atom is 0.378 e. The van der Waals surface area contributed by atoms with Gasteiger partial charge in [0.05, 0.1) is 6.20 Å². The minimum absolute atomic E-state index is 0.0345. The molecule has 0 unspecified atom stereocenters. The van der Waals surface area contributed by atoms with Crippen LogP contribution in [0.25, 0.3) is 22.3 Å². The topological polar surface area (TPSA) is 98.8 Å². The van der Waals surface area contributed by atoms with Crippen LogP contribution in [0.15, 0.2) is 36.7 Å². The predicted molar refractivity (Wildman–Crippen MR) is 67.8 cm³/mol. The van der Waals surface area contributed by atoms with Crippen molar-refractivity contribution in [1.82, 2.24) is 15.0 Å². The van der Waals surface area contributed by atoms with Gasteiger partial charge in [-0.05, 0) is 6.07 Å². The maximum absolute atomic E-state index is 11.3. The van der Waals surface area contributed by atoms with E-state index in [1.54, 1.807) is 6.20 Å². The summed E-state index contributed by atoms with van der Waals surface area (Å²) in [4.78, 5) is 31.8. The van der Waals surface area contributed by atoms with Crippen molar-refractivity contribution in [2.24, 2.45) is 0 Å². The number of hydrogen-bond donors (Lipinski definition) is 3. The van der Waals surface area contributed by atoms with E-state index >= 15 is 0 Å². The van der Waals surface area contributed by atoms with Crippen molar-refractivity contribution in [2.45, 2.75) is 0 Å². The molecule has 3 aromatic rings. The van der Waals surface area contributed by atoms with Crippen molar-refractivity contribution in [3.05, 3.63) is 42.4 Å². The van der Waals surface area contributed by atoms with Crippen LogP contribution in [-0.2, 0) is 4.79 Å². The summed E-state index contributed by atoms with van der Waals surface area (Å²) in [5.74, 6) is -2.05. The van der Waals surface area contributed by atoms with Crippen molar-refractivity contribution < 1.29 is 14.7 Å². The number of fused-ring (bicyclic) bond motifs is 1. The van der Waals surface area contributed by atoms with Gasteiger partial charge in [0.2, 0.25) is 0 Å². The molecule has 3 rings (SSSR count). The molecule has 2 heterocycles. The monoisotopic (exact) mass is 255 g/mol. The molecule has 0 atom stereocenters. The van der Waals surface area contributed by atoms with Crippen LogP contribution < -0.4 is 0 Å². The highest BCUT2D eigenvalue weighted by atomic mass is 16.4. The van der Waals surface area contributed by atoms with E-state index in [4.69, 9.17) is 5.11 Å². The number of carbonyl (C=O) groups excluding carboxylic acids is 1. The van der Waals surface area contributed by atoms with E-state index in [1.165, 1.54) is 6.20 Å². The Balaban J connectivity index is 2.08. The average molecular weight is 255 g/mol. The molecule has 94 valence electrons. The summed E-state index contributed by atoms with van der Waals surface area (Å²) in [7, 11) is 0. The number of carboxylic acids is 1. The number of aromatic amines is 2. The van der Waals surface area contributed by atoms with Gasteiger partial charge in [-0.3, -0.25) is 4.79 Å². The second kappa shape index (κ2) is 4.09. The van der Waals surface area contributed by atoms with E-state index in [1.807, 2.05) is 24.3 Å². The van der Waals surface area contributed by atoms with E-state index in [2.05, 4.69) is 15.0 Å². The van der Waals surface area contributed by atoms with Gasteiger partial charge in [0.25, 0.3) is 5.78 Å². The highest BCUT2D eigenvalue weighted by molar-refractivity contribution is 6.39. The Kier molecular flexibility index (Phi) is 2.42. The summed E-state index contributed by atoms with van der Waals surface area (Å²) in [5.41, 5.74) is 1.70. The Hall–Kier alpha value is -2.89. The van der Waals surface area contributed by atoms with E-state index in [9.17, 15) is 9.59 Å². The third-order valence-electron chi connectivity index (χ3n) is 2.86. The summed E-state index contributed by atoms with van der Waals surface area (Å²) < 4.78 is 0. The van der Waals surface area contributed by atoms with Crippen molar-refractivity contribution in [3.63, 3.8) is 0 Å². The number of nitrogens with one attached hydrogen (secondary N) is 2. The number of nitrogens with zero attached hydrogens (tertiary/aromatic N) is 1. The van der Waals surface area contributed by atoms with Crippen LogP contribution in [0, 0.1) is 0 Å². The van der Waals surface area contributed by atoms with Gasteiger partial charge in [0.1, 0.15) is 11.5 Å². The number of aliphatic carboxylic acids is 1.